The van der Waals surface area contributed by atoms with Gasteiger partial charge >= 0.3 is 0 Å². The van der Waals surface area contributed by atoms with Crippen LogP contribution in [0.25, 0.3) is 0 Å². The molecule has 0 saturated heterocycles. The first-order chi connectivity index (χ1) is 6.13. The molecule has 0 aliphatic carbocycles. The fraction of sp³-hybridized carbons (Fsp3) is 0.875. The fourth-order valence-electron chi connectivity index (χ4n) is 0.979. The number of hydroxylamine groups is 2. The first-order valence-corrected chi connectivity index (χ1v) is 4.59. The maximum absolute atomic E-state index is 11.2. The maximum atomic E-state index is 11.2. The van der Waals surface area contributed by atoms with Crippen molar-refractivity contribution < 1.29 is 10.0 Å². The monoisotopic (exact) mass is 189 g/mol. The van der Waals surface area contributed by atoms with Crippen molar-refractivity contribution in [2.24, 2.45) is 11.5 Å². The van der Waals surface area contributed by atoms with Crippen molar-refractivity contribution in [1.82, 2.24) is 5.06 Å². The van der Waals surface area contributed by atoms with E-state index < -0.39 is 11.9 Å². The molecule has 1 amide bonds. The van der Waals surface area contributed by atoms with Crippen LogP contribution in [0.15, 0.2) is 0 Å². The van der Waals surface area contributed by atoms with Gasteiger partial charge in [0.2, 0.25) is 0 Å². The van der Waals surface area contributed by atoms with Gasteiger partial charge in [-0.2, -0.15) is 0 Å². The SMILES string of the molecule is CCN(O)C(=O)C(N)CCCCN. The van der Waals surface area contributed by atoms with Gasteiger partial charge in [-0.3, -0.25) is 10.0 Å². The largest absolute Gasteiger partial charge is 0.330 e. The normalized spacial score (nSPS) is 12.6. The fourth-order valence-corrected chi connectivity index (χ4v) is 0.979. The highest BCUT2D eigenvalue weighted by Gasteiger charge is 2.17. The van der Waals surface area contributed by atoms with Crippen molar-refractivity contribution >= 4 is 5.91 Å². The zero-order valence-electron chi connectivity index (χ0n) is 8.07. The highest BCUT2D eigenvalue weighted by Crippen LogP contribution is 2.00. The van der Waals surface area contributed by atoms with Crippen LogP contribution in [0, 0.1) is 0 Å². The Bertz CT molecular complexity index is 152. The number of likely N-dealkylation sites (N-methyl/N-ethyl adjacent to an activating group) is 1. The molecule has 1 atom stereocenters. The van der Waals surface area contributed by atoms with Gasteiger partial charge in [0.15, 0.2) is 0 Å². The summed E-state index contributed by atoms with van der Waals surface area (Å²) in [5.74, 6) is -0.417. The summed E-state index contributed by atoms with van der Waals surface area (Å²) in [5.41, 5.74) is 10.8. The van der Waals surface area contributed by atoms with Gasteiger partial charge < -0.3 is 11.5 Å². The Hall–Kier alpha value is -0.650. The Balaban J connectivity index is 3.69. The van der Waals surface area contributed by atoms with E-state index in [1.165, 1.54) is 0 Å². The molecule has 0 bridgehead atoms. The highest BCUT2D eigenvalue weighted by molar-refractivity contribution is 5.80. The molecule has 0 spiro atoms. The van der Waals surface area contributed by atoms with Crippen molar-refractivity contribution in [2.45, 2.75) is 32.2 Å². The molecule has 5 heteroatoms. The van der Waals surface area contributed by atoms with Gasteiger partial charge in [0.05, 0.1) is 6.04 Å². The highest BCUT2D eigenvalue weighted by atomic mass is 16.5. The topological polar surface area (TPSA) is 92.6 Å². The van der Waals surface area contributed by atoms with Crippen molar-refractivity contribution in [3.63, 3.8) is 0 Å². The van der Waals surface area contributed by atoms with Gasteiger partial charge in [0.1, 0.15) is 0 Å². The van der Waals surface area contributed by atoms with E-state index >= 15 is 0 Å². The second kappa shape index (κ2) is 6.82. The molecule has 5 N–H and O–H groups in total. The quantitative estimate of drug-likeness (QED) is 0.303. The number of amides is 1. The predicted octanol–water partition coefficient (Wildman–Crippen LogP) is -0.320. The van der Waals surface area contributed by atoms with Crippen LogP contribution in [0.3, 0.4) is 0 Å². The number of rotatable bonds is 6. The van der Waals surface area contributed by atoms with Gasteiger partial charge in [-0.25, -0.2) is 5.06 Å². The molecular weight excluding hydrogens is 170 g/mol. The standard InChI is InChI=1S/C8H19N3O2/c1-2-11(13)8(12)7(10)5-3-4-6-9/h7,13H,2-6,9-10H2,1H3. The van der Waals surface area contributed by atoms with E-state index in [0.717, 1.165) is 12.8 Å². The summed E-state index contributed by atoms with van der Waals surface area (Å²) in [4.78, 5) is 11.2. The van der Waals surface area contributed by atoms with Gasteiger partial charge in [0.25, 0.3) is 5.91 Å². The van der Waals surface area contributed by atoms with Gasteiger partial charge in [-0.1, -0.05) is 6.42 Å². The van der Waals surface area contributed by atoms with Crippen molar-refractivity contribution in [3.8, 4) is 0 Å². The van der Waals surface area contributed by atoms with Crippen LogP contribution >= 0.6 is 0 Å². The predicted molar refractivity (Wildman–Crippen MR) is 50.1 cm³/mol. The molecule has 0 heterocycles. The smallest absolute Gasteiger partial charge is 0.262 e. The summed E-state index contributed by atoms with van der Waals surface area (Å²) in [6, 6.07) is -0.600. The van der Waals surface area contributed by atoms with Crippen molar-refractivity contribution in [3.05, 3.63) is 0 Å². The molecule has 0 radical (unpaired) electrons. The van der Waals surface area contributed by atoms with E-state index in [1.807, 2.05) is 0 Å². The third-order valence-electron chi connectivity index (χ3n) is 1.84. The summed E-state index contributed by atoms with van der Waals surface area (Å²) in [6.45, 7) is 2.56. The van der Waals surface area contributed by atoms with E-state index in [2.05, 4.69) is 0 Å². The number of hydrogen-bond donors (Lipinski definition) is 3. The zero-order valence-corrected chi connectivity index (χ0v) is 8.07. The van der Waals surface area contributed by atoms with E-state index in [0.29, 0.717) is 18.0 Å². The van der Waals surface area contributed by atoms with Crippen LogP contribution in [-0.4, -0.2) is 35.3 Å². The molecule has 0 aliphatic rings. The first-order valence-electron chi connectivity index (χ1n) is 4.59. The van der Waals surface area contributed by atoms with Crippen LogP contribution in [0.1, 0.15) is 26.2 Å². The van der Waals surface area contributed by atoms with Gasteiger partial charge in [0, 0.05) is 6.54 Å². The van der Waals surface area contributed by atoms with E-state index in [4.69, 9.17) is 16.7 Å². The molecule has 78 valence electrons. The van der Waals surface area contributed by atoms with Crippen LogP contribution in [0.5, 0.6) is 0 Å². The maximum Gasteiger partial charge on any atom is 0.262 e. The average molecular weight is 189 g/mol. The Labute approximate surface area is 78.6 Å². The number of nitrogens with two attached hydrogens (primary N) is 2. The second-order valence-electron chi connectivity index (χ2n) is 2.94. The molecule has 0 rings (SSSR count). The average Bonchev–Trinajstić information content (AvgIpc) is 2.15. The molecule has 0 aromatic carbocycles. The molecular formula is C8H19N3O2. The molecule has 0 saturated carbocycles. The third kappa shape index (κ3) is 4.82. The molecule has 0 aliphatic heterocycles. The van der Waals surface area contributed by atoms with E-state index in [1.54, 1.807) is 6.92 Å². The Morgan fingerprint density at radius 3 is 2.62 bits per heavy atom. The Morgan fingerprint density at radius 2 is 2.15 bits per heavy atom. The Kier molecular flexibility index (Phi) is 6.48. The second-order valence-corrected chi connectivity index (χ2v) is 2.94. The van der Waals surface area contributed by atoms with Gasteiger partial charge in [-0.05, 0) is 26.3 Å². The van der Waals surface area contributed by atoms with Crippen LogP contribution in [0.4, 0.5) is 0 Å². The molecule has 0 aromatic rings. The summed E-state index contributed by atoms with van der Waals surface area (Å²) in [6.07, 6.45) is 2.26. The van der Waals surface area contributed by atoms with Crippen molar-refractivity contribution in [2.75, 3.05) is 13.1 Å². The summed E-state index contributed by atoms with van der Waals surface area (Å²) in [5, 5.41) is 9.68. The summed E-state index contributed by atoms with van der Waals surface area (Å²) >= 11 is 0. The number of carbonyl (C=O) groups excluding carboxylic acids is 1. The summed E-state index contributed by atoms with van der Waals surface area (Å²) < 4.78 is 0. The first kappa shape index (κ1) is 12.3. The molecule has 13 heavy (non-hydrogen) atoms. The van der Waals surface area contributed by atoms with Crippen LogP contribution in [0.2, 0.25) is 0 Å². The van der Waals surface area contributed by atoms with E-state index in [9.17, 15) is 4.79 Å². The lowest BCUT2D eigenvalue weighted by molar-refractivity contribution is -0.166. The van der Waals surface area contributed by atoms with Crippen LogP contribution < -0.4 is 11.5 Å². The lowest BCUT2D eigenvalue weighted by atomic mass is 10.1. The number of unbranched alkanes of at least 4 members (excludes halogenated alkanes) is 1. The van der Waals surface area contributed by atoms with E-state index in [-0.39, 0.29) is 6.54 Å². The molecule has 5 nitrogen and oxygen atoms in total. The minimum atomic E-state index is -0.600. The lowest BCUT2D eigenvalue weighted by Crippen LogP contribution is -2.41. The van der Waals surface area contributed by atoms with Gasteiger partial charge in [-0.15, -0.1) is 0 Å². The number of hydrogen-bond acceptors (Lipinski definition) is 4. The molecule has 1 unspecified atom stereocenters. The minimum absolute atomic E-state index is 0.267. The number of nitrogens with zero attached hydrogens (tertiary/aromatic N) is 1. The third-order valence-corrected chi connectivity index (χ3v) is 1.84. The summed E-state index contributed by atoms with van der Waals surface area (Å²) in [7, 11) is 0. The van der Waals surface area contributed by atoms with Crippen LogP contribution in [-0.2, 0) is 4.79 Å². The zero-order chi connectivity index (χ0) is 10.3. The lowest BCUT2D eigenvalue weighted by Gasteiger charge is -2.17. The number of carbonyl (C=O) groups is 1. The molecule has 0 fully saturated rings. The van der Waals surface area contributed by atoms with Crippen molar-refractivity contribution in [1.29, 1.82) is 0 Å². The molecule has 0 aromatic heterocycles. The Morgan fingerprint density at radius 1 is 1.54 bits per heavy atom. The minimum Gasteiger partial charge on any atom is -0.330 e.